The van der Waals surface area contributed by atoms with Crippen molar-refractivity contribution in [2.45, 2.75) is 20.3 Å². The van der Waals surface area contributed by atoms with Crippen LogP contribution in [-0.4, -0.2) is 24.7 Å². The Morgan fingerprint density at radius 2 is 2.18 bits per heavy atom. The molecule has 1 N–H and O–H groups in total. The molecule has 0 aliphatic rings. The zero-order valence-electron chi connectivity index (χ0n) is 10.4. The molecule has 0 amide bonds. The quantitative estimate of drug-likeness (QED) is 0.907. The number of hydrogen-bond donors (Lipinski definition) is 1. The molecule has 0 aromatic heterocycles. The van der Waals surface area contributed by atoms with E-state index < -0.39 is 5.97 Å². The summed E-state index contributed by atoms with van der Waals surface area (Å²) in [7, 11) is 1.99. The average molecular weight is 300 g/mol. The van der Waals surface area contributed by atoms with Gasteiger partial charge in [-0.2, -0.15) is 0 Å². The smallest absolute Gasteiger partial charge is 0.303 e. The lowest BCUT2D eigenvalue weighted by atomic mass is 10.1. The number of rotatable bonds is 5. The number of benzene rings is 1. The Hall–Kier alpha value is -1.03. The second-order valence-electron chi connectivity index (χ2n) is 4.51. The van der Waals surface area contributed by atoms with Gasteiger partial charge in [-0.25, -0.2) is 0 Å². The van der Waals surface area contributed by atoms with Crippen LogP contribution in [0.2, 0.25) is 0 Å². The summed E-state index contributed by atoms with van der Waals surface area (Å²) in [6.07, 6.45) is 0.206. The summed E-state index contributed by atoms with van der Waals surface area (Å²) in [6, 6.07) is 6.12. The monoisotopic (exact) mass is 299 g/mol. The number of aryl methyl sites for hydroxylation is 1. The van der Waals surface area contributed by atoms with E-state index in [0.717, 1.165) is 16.7 Å². The minimum Gasteiger partial charge on any atom is -0.481 e. The summed E-state index contributed by atoms with van der Waals surface area (Å²) >= 11 is 3.45. The van der Waals surface area contributed by atoms with E-state index in [0.29, 0.717) is 0 Å². The Kier molecular flexibility index (Phi) is 5.00. The highest BCUT2D eigenvalue weighted by atomic mass is 79.9. The van der Waals surface area contributed by atoms with Crippen LogP contribution in [0.15, 0.2) is 22.7 Å². The number of aliphatic carboxylic acids is 1. The molecule has 0 radical (unpaired) electrons. The number of halogens is 1. The van der Waals surface area contributed by atoms with Crippen molar-refractivity contribution in [3.05, 3.63) is 28.2 Å². The van der Waals surface area contributed by atoms with E-state index in [4.69, 9.17) is 5.11 Å². The second kappa shape index (κ2) is 6.05. The van der Waals surface area contributed by atoms with Crippen LogP contribution in [0.1, 0.15) is 18.9 Å². The van der Waals surface area contributed by atoms with Gasteiger partial charge in [0.05, 0.1) is 0 Å². The third-order valence-electron chi connectivity index (χ3n) is 2.69. The van der Waals surface area contributed by atoms with Crippen molar-refractivity contribution in [3.63, 3.8) is 0 Å². The molecule has 94 valence electrons. The van der Waals surface area contributed by atoms with Crippen molar-refractivity contribution < 1.29 is 9.90 Å². The summed E-state index contributed by atoms with van der Waals surface area (Å²) in [5, 5.41) is 8.74. The molecule has 1 aromatic carbocycles. The first kappa shape index (κ1) is 14.0. The van der Waals surface area contributed by atoms with Gasteiger partial charge in [-0.1, -0.05) is 28.9 Å². The molecule has 0 saturated heterocycles. The van der Waals surface area contributed by atoms with Gasteiger partial charge in [0, 0.05) is 30.2 Å². The SMILES string of the molecule is Cc1ccc(Br)cc1N(C)CC(C)CC(=O)O. The van der Waals surface area contributed by atoms with Crippen molar-refractivity contribution in [2.75, 3.05) is 18.5 Å². The largest absolute Gasteiger partial charge is 0.481 e. The van der Waals surface area contributed by atoms with Gasteiger partial charge in [-0.15, -0.1) is 0 Å². The van der Waals surface area contributed by atoms with E-state index in [1.807, 2.05) is 20.0 Å². The number of carbonyl (C=O) groups is 1. The van der Waals surface area contributed by atoms with Crippen LogP contribution in [-0.2, 0) is 4.79 Å². The summed E-state index contributed by atoms with van der Waals surface area (Å²) in [4.78, 5) is 12.7. The maximum absolute atomic E-state index is 10.6. The molecule has 17 heavy (non-hydrogen) atoms. The summed E-state index contributed by atoms with van der Waals surface area (Å²) in [6.45, 7) is 4.75. The molecule has 3 nitrogen and oxygen atoms in total. The van der Waals surface area contributed by atoms with E-state index in [1.165, 1.54) is 5.56 Å². The minimum atomic E-state index is -0.739. The fraction of sp³-hybridized carbons (Fsp3) is 0.462. The summed E-state index contributed by atoms with van der Waals surface area (Å²) < 4.78 is 1.04. The lowest BCUT2D eigenvalue weighted by Crippen LogP contribution is -2.26. The van der Waals surface area contributed by atoms with Crippen LogP contribution in [0.3, 0.4) is 0 Å². The van der Waals surface area contributed by atoms with Gasteiger partial charge < -0.3 is 10.0 Å². The molecule has 0 fully saturated rings. The van der Waals surface area contributed by atoms with Gasteiger partial charge in [-0.05, 0) is 30.5 Å². The highest BCUT2D eigenvalue weighted by Crippen LogP contribution is 2.24. The topological polar surface area (TPSA) is 40.5 Å². The lowest BCUT2D eigenvalue weighted by molar-refractivity contribution is -0.137. The highest BCUT2D eigenvalue weighted by Gasteiger charge is 2.12. The molecule has 1 atom stereocenters. The van der Waals surface area contributed by atoms with E-state index in [-0.39, 0.29) is 12.3 Å². The molecule has 1 aromatic rings. The molecule has 0 saturated carbocycles. The Labute approximate surface area is 111 Å². The van der Waals surface area contributed by atoms with Gasteiger partial charge in [-0.3, -0.25) is 4.79 Å². The molecule has 0 aliphatic carbocycles. The molecular formula is C13H18BrNO2. The maximum Gasteiger partial charge on any atom is 0.303 e. The van der Waals surface area contributed by atoms with Crippen molar-refractivity contribution in [1.29, 1.82) is 0 Å². The highest BCUT2D eigenvalue weighted by molar-refractivity contribution is 9.10. The van der Waals surface area contributed by atoms with E-state index >= 15 is 0 Å². The van der Waals surface area contributed by atoms with E-state index in [9.17, 15) is 4.79 Å². The van der Waals surface area contributed by atoms with Gasteiger partial charge in [0.2, 0.25) is 0 Å². The molecule has 1 rings (SSSR count). The van der Waals surface area contributed by atoms with Crippen LogP contribution >= 0.6 is 15.9 Å². The van der Waals surface area contributed by atoms with Gasteiger partial charge >= 0.3 is 5.97 Å². The first-order valence-corrected chi connectivity index (χ1v) is 6.38. The molecule has 0 bridgehead atoms. The lowest BCUT2D eigenvalue weighted by Gasteiger charge is -2.24. The van der Waals surface area contributed by atoms with Gasteiger partial charge in [0.25, 0.3) is 0 Å². The average Bonchev–Trinajstić information content (AvgIpc) is 2.20. The van der Waals surface area contributed by atoms with Crippen molar-refractivity contribution in [2.24, 2.45) is 5.92 Å². The Balaban J connectivity index is 2.72. The standard InChI is InChI=1S/C13H18BrNO2/c1-9(6-13(16)17)8-15(3)12-7-11(14)5-4-10(12)2/h4-5,7,9H,6,8H2,1-3H3,(H,16,17). The Morgan fingerprint density at radius 3 is 2.76 bits per heavy atom. The molecule has 1 unspecified atom stereocenters. The molecule has 0 heterocycles. The zero-order chi connectivity index (χ0) is 13.0. The maximum atomic E-state index is 10.6. The fourth-order valence-electron chi connectivity index (χ4n) is 1.92. The normalized spacial score (nSPS) is 12.2. The predicted octanol–water partition coefficient (Wildman–Crippen LogP) is 3.30. The fourth-order valence-corrected chi connectivity index (χ4v) is 2.27. The van der Waals surface area contributed by atoms with E-state index in [2.05, 4.69) is 39.9 Å². The molecular weight excluding hydrogens is 282 g/mol. The van der Waals surface area contributed by atoms with Crippen molar-refractivity contribution in [1.82, 2.24) is 0 Å². The molecule has 0 spiro atoms. The number of nitrogens with zero attached hydrogens (tertiary/aromatic N) is 1. The van der Waals surface area contributed by atoms with Crippen LogP contribution in [0.25, 0.3) is 0 Å². The predicted molar refractivity (Wildman–Crippen MR) is 73.6 cm³/mol. The van der Waals surface area contributed by atoms with Gasteiger partial charge in [0.15, 0.2) is 0 Å². The van der Waals surface area contributed by atoms with Crippen LogP contribution < -0.4 is 4.90 Å². The number of carboxylic acid groups (broad SMARTS) is 1. The molecule has 0 aliphatic heterocycles. The minimum absolute atomic E-state index is 0.135. The Bertz CT molecular complexity index is 406. The summed E-state index contributed by atoms with van der Waals surface area (Å²) in [5.41, 5.74) is 2.33. The van der Waals surface area contributed by atoms with Crippen LogP contribution in [0, 0.1) is 12.8 Å². The van der Waals surface area contributed by atoms with Crippen molar-refractivity contribution in [3.8, 4) is 0 Å². The third-order valence-corrected chi connectivity index (χ3v) is 3.18. The van der Waals surface area contributed by atoms with E-state index in [1.54, 1.807) is 0 Å². The van der Waals surface area contributed by atoms with Gasteiger partial charge in [0.1, 0.15) is 0 Å². The zero-order valence-corrected chi connectivity index (χ0v) is 12.0. The third kappa shape index (κ3) is 4.38. The Morgan fingerprint density at radius 1 is 1.53 bits per heavy atom. The van der Waals surface area contributed by atoms with Crippen molar-refractivity contribution >= 4 is 27.6 Å². The first-order chi connectivity index (χ1) is 7.90. The summed E-state index contributed by atoms with van der Waals surface area (Å²) in [5.74, 6) is -0.604. The second-order valence-corrected chi connectivity index (χ2v) is 5.43. The number of anilines is 1. The van der Waals surface area contributed by atoms with Crippen LogP contribution in [0.4, 0.5) is 5.69 Å². The molecule has 4 heteroatoms. The van der Waals surface area contributed by atoms with Crippen LogP contribution in [0.5, 0.6) is 0 Å². The first-order valence-electron chi connectivity index (χ1n) is 5.59. The number of hydrogen-bond acceptors (Lipinski definition) is 2. The number of carboxylic acids is 1.